The minimum atomic E-state index is -0.130. The number of hydrogen-bond acceptors (Lipinski definition) is 6. The van der Waals surface area contributed by atoms with Crippen LogP contribution in [-0.2, 0) is 17.8 Å². The molecule has 0 aliphatic carbocycles. The molecule has 28 heavy (non-hydrogen) atoms. The van der Waals surface area contributed by atoms with Crippen molar-refractivity contribution in [3.63, 3.8) is 0 Å². The second-order valence-corrected chi connectivity index (χ2v) is 7.28. The second kappa shape index (κ2) is 9.50. The van der Waals surface area contributed by atoms with Crippen LogP contribution in [0.15, 0.2) is 34.9 Å². The molecule has 1 aliphatic heterocycles. The van der Waals surface area contributed by atoms with Crippen molar-refractivity contribution in [2.75, 3.05) is 20.2 Å². The summed E-state index contributed by atoms with van der Waals surface area (Å²) in [6.45, 7) is 3.70. The standard InChI is InChI=1S/C21H27N3O4/c1-14(25)20-11-18(24-28-20)9-17-13-22-8-7-16(17)10-21(26)23-12-15-3-5-19(27-2)6-4-15/h3-6,11,16-17,22H,7-10,12-13H2,1-2H3,(H,23,26)/t16-,17+/m0/s1. The number of nitrogens with zero attached hydrogens (tertiary/aromatic N) is 1. The Labute approximate surface area is 164 Å². The Morgan fingerprint density at radius 2 is 2.07 bits per heavy atom. The van der Waals surface area contributed by atoms with Crippen LogP contribution >= 0.6 is 0 Å². The number of carbonyl (C=O) groups excluding carboxylic acids is 2. The van der Waals surface area contributed by atoms with Crippen molar-refractivity contribution in [1.82, 2.24) is 15.8 Å². The summed E-state index contributed by atoms with van der Waals surface area (Å²) < 4.78 is 10.2. The van der Waals surface area contributed by atoms with Gasteiger partial charge in [0.15, 0.2) is 5.78 Å². The molecule has 1 fully saturated rings. The molecule has 7 heteroatoms. The van der Waals surface area contributed by atoms with Gasteiger partial charge in [-0.2, -0.15) is 0 Å². The van der Waals surface area contributed by atoms with Gasteiger partial charge in [-0.25, -0.2) is 0 Å². The van der Waals surface area contributed by atoms with Crippen LogP contribution < -0.4 is 15.4 Å². The van der Waals surface area contributed by atoms with Gasteiger partial charge in [-0.1, -0.05) is 17.3 Å². The minimum absolute atomic E-state index is 0.0531. The minimum Gasteiger partial charge on any atom is -0.497 e. The van der Waals surface area contributed by atoms with Crippen LogP contribution in [0.1, 0.15) is 41.6 Å². The molecule has 150 valence electrons. The van der Waals surface area contributed by atoms with Gasteiger partial charge in [0, 0.05) is 26.0 Å². The number of carbonyl (C=O) groups is 2. The molecule has 1 aromatic heterocycles. The predicted molar refractivity (Wildman–Crippen MR) is 104 cm³/mol. The molecule has 0 saturated carbocycles. The molecule has 2 atom stereocenters. The van der Waals surface area contributed by atoms with Crippen LogP contribution in [0.2, 0.25) is 0 Å². The van der Waals surface area contributed by atoms with E-state index in [4.69, 9.17) is 9.26 Å². The lowest BCUT2D eigenvalue weighted by molar-refractivity contribution is -0.122. The summed E-state index contributed by atoms with van der Waals surface area (Å²) in [5.74, 6) is 1.56. The zero-order valence-corrected chi connectivity index (χ0v) is 16.4. The molecule has 0 bridgehead atoms. The fourth-order valence-corrected chi connectivity index (χ4v) is 3.58. The normalized spacial score (nSPS) is 19.2. The zero-order chi connectivity index (χ0) is 19.9. The maximum Gasteiger partial charge on any atom is 0.220 e. The van der Waals surface area contributed by atoms with Gasteiger partial charge in [0.2, 0.25) is 11.7 Å². The first-order valence-electron chi connectivity index (χ1n) is 9.62. The molecular weight excluding hydrogens is 358 g/mol. The SMILES string of the molecule is COc1ccc(CNC(=O)C[C@@H]2CCNC[C@H]2Cc2cc(C(C)=O)on2)cc1. The summed E-state index contributed by atoms with van der Waals surface area (Å²) in [7, 11) is 1.63. The van der Waals surface area contributed by atoms with Crippen molar-refractivity contribution in [3.8, 4) is 5.75 Å². The summed E-state index contributed by atoms with van der Waals surface area (Å²) in [5.41, 5.74) is 1.80. The van der Waals surface area contributed by atoms with Crippen molar-refractivity contribution >= 4 is 11.7 Å². The van der Waals surface area contributed by atoms with E-state index in [1.54, 1.807) is 13.2 Å². The van der Waals surface area contributed by atoms with E-state index >= 15 is 0 Å². The number of nitrogens with one attached hydrogen (secondary N) is 2. The molecule has 0 spiro atoms. The molecule has 0 radical (unpaired) electrons. The Morgan fingerprint density at radius 3 is 2.75 bits per heavy atom. The van der Waals surface area contributed by atoms with Gasteiger partial charge < -0.3 is 19.9 Å². The number of ether oxygens (including phenoxy) is 1. The highest BCUT2D eigenvalue weighted by molar-refractivity contribution is 5.91. The van der Waals surface area contributed by atoms with Crippen LogP contribution in [0.5, 0.6) is 5.75 Å². The zero-order valence-electron chi connectivity index (χ0n) is 16.4. The van der Waals surface area contributed by atoms with Crippen LogP contribution in [0.4, 0.5) is 0 Å². The van der Waals surface area contributed by atoms with E-state index in [0.717, 1.165) is 36.5 Å². The molecule has 2 aromatic rings. The fourth-order valence-electron chi connectivity index (χ4n) is 3.58. The molecule has 1 aliphatic rings. The number of ketones is 1. The number of benzene rings is 1. The number of methoxy groups -OCH3 is 1. The molecule has 1 aromatic carbocycles. The molecule has 2 heterocycles. The van der Waals surface area contributed by atoms with E-state index in [2.05, 4.69) is 15.8 Å². The second-order valence-electron chi connectivity index (χ2n) is 7.28. The van der Waals surface area contributed by atoms with Gasteiger partial charge in [0.1, 0.15) is 5.75 Å². The average Bonchev–Trinajstić information content (AvgIpc) is 3.17. The van der Waals surface area contributed by atoms with E-state index in [9.17, 15) is 9.59 Å². The number of rotatable bonds is 8. The number of amides is 1. The van der Waals surface area contributed by atoms with Gasteiger partial charge in [-0.15, -0.1) is 0 Å². The third kappa shape index (κ3) is 5.42. The summed E-state index contributed by atoms with van der Waals surface area (Å²) in [4.78, 5) is 23.8. The summed E-state index contributed by atoms with van der Waals surface area (Å²) in [6.07, 6.45) is 2.12. The van der Waals surface area contributed by atoms with Crippen molar-refractivity contribution in [2.24, 2.45) is 11.8 Å². The summed E-state index contributed by atoms with van der Waals surface area (Å²) in [6, 6.07) is 9.38. The Balaban J connectivity index is 1.52. The van der Waals surface area contributed by atoms with Gasteiger partial charge >= 0.3 is 0 Å². The van der Waals surface area contributed by atoms with Gasteiger partial charge in [0.05, 0.1) is 12.8 Å². The number of aromatic nitrogens is 1. The van der Waals surface area contributed by atoms with Crippen molar-refractivity contribution in [1.29, 1.82) is 0 Å². The molecule has 0 unspecified atom stereocenters. The molecule has 2 N–H and O–H groups in total. The Hall–Kier alpha value is -2.67. The number of Topliss-reactive ketones (excluding diaryl/α,β-unsaturated/α-hetero) is 1. The lowest BCUT2D eigenvalue weighted by atomic mass is 9.81. The van der Waals surface area contributed by atoms with E-state index in [1.807, 2.05) is 24.3 Å². The van der Waals surface area contributed by atoms with E-state index in [-0.39, 0.29) is 29.3 Å². The third-order valence-electron chi connectivity index (χ3n) is 5.24. The van der Waals surface area contributed by atoms with Crippen LogP contribution in [0, 0.1) is 11.8 Å². The molecule has 1 amide bonds. The van der Waals surface area contributed by atoms with Crippen molar-refractivity contribution in [2.45, 2.75) is 32.7 Å². The molecule has 7 nitrogen and oxygen atoms in total. The Kier molecular flexibility index (Phi) is 6.81. The molecule has 1 saturated heterocycles. The van der Waals surface area contributed by atoms with Crippen LogP contribution in [0.3, 0.4) is 0 Å². The van der Waals surface area contributed by atoms with E-state index < -0.39 is 0 Å². The smallest absolute Gasteiger partial charge is 0.220 e. The van der Waals surface area contributed by atoms with E-state index in [1.165, 1.54) is 6.92 Å². The van der Waals surface area contributed by atoms with E-state index in [0.29, 0.717) is 19.4 Å². The average molecular weight is 385 g/mol. The van der Waals surface area contributed by atoms with Crippen LogP contribution in [-0.4, -0.2) is 37.0 Å². The first-order valence-corrected chi connectivity index (χ1v) is 9.62. The van der Waals surface area contributed by atoms with Gasteiger partial charge in [0.25, 0.3) is 0 Å². The number of hydrogen-bond donors (Lipinski definition) is 2. The summed E-state index contributed by atoms with van der Waals surface area (Å²) in [5, 5.41) is 10.4. The van der Waals surface area contributed by atoms with Crippen LogP contribution in [0.25, 0.3) is 0 Å². The van der Waals surface area contributed by atoms with Gasteiger partial charge in [-0.05, 0) is 55.5 Å². The van der Waals surface area contributed by atoms with Crippen molar-refractivity contribution < 1.29 is 18.8 Å². The lowest BCUT2D eigenvalue weighted by Gasteiger charge is -2.31. The largest absolute Gasteiger partial charge is 0.497 e. The first-order chi connectivity index (χ1) is 13.5. The molecular formula is C21H27N3O4. The maximum absolute atomic E-state index is 12.5. The lowest BCUT2D eigenvalue weighted by Crippen LogP contribution is -2.40. The maximum atomic E-state index is 12.5. The van der Waals surface area contributed by atoms with Gasteiger partial charge in [-0.3, -0.25) is 9.59 Å². The molecule has 3 rings (SSSR count). The number of piperidine rings is 1. The highest BCUT2D eigenvalue weighted by Crippen LogP contribution is 2.26. The predicted octanol–water partition coefficient (Wildman–Crippen LogP) is 2.36. The monoisotopic (exact) mass is 385 g/mol. The first kappa shape index (κ1) is 20.1. The summed E-state index contributed by atoms with van der Waals surface area (Å²) >= 11 is 0. The highest BCUT2D eigenvalue weighted by Gasteiger charge is 2.28. The fraction of sp³-hybridized carbons (Fsp3) is 0.476. The highest BCUT2D eigenvalue weighted by atomic mass is 16.5. The third-order valence-corrected chi connectivity index (χ3v) is 5.24. The van der Waals surface area contributed by atoms with Crippen molar-refractivity contribution in [3.05, 3.63) is 47.3 Å². The Bertz CT molecular complexity index is 800. The topological polar surface area (TPSA) is 93.5 Å². The quantitative estimate of drug-likeness (QED) is 0.678. The Morgan fingerprint density at radius 1 is 1.29 bits per heavy atom.